The minimum atomic E-state index is -0.963. The summed E-state index contributed by atoms with van der Waals surface area (Å²) in [4.78, 5) is 11.0. The highest BCUT2D eigenvalue weighted by molar-refractivity contribution is 5.88. The smallest absolute Gasteiger partial charge is 0.339 e. The molecule has 0 spiro atoms. The Balaban J connectivity index is 2.39. The number of aryl methyl sites for hydroxylation is 3. The molecule has 2 heterocycles. The molecule has 0 aromatic carbocycles. The summed E-state index contributed by atoms with van der Waals surface area (Å²) in [5, 5.41) is 17.3. The largest absolute Gasteiger partial charge is 0.478 e. The minimum Gasteiger partial charge on any atom is -0.478 e. The number of aromatic nitrogens is 4. The Kier molecular flexibility index (Phi) is 2.71. The summed E-state index contributed by atoms with van der Waals surface area (Å²) in [6, 6.07) is 1.96. The van der Waals surface area contributed by atoms with Crippen LogP contribution in [0.25, 0.3) is 0 Å². The van der Waals surface area contributed by atoms with Gasteiger partial charge in [-0.15, -0.1) is 0 Å². The van der Waals surface area contributed by atoms with E-state index in [9.17, 15) is 4.79 Å². The summed E-state index contributed by atoms with van der Waals surface area (Å²) in [6.07, 6.45) is 1.36. The number of rotatable bonds is 3. The van der Waals surface area contributed by atoms with E-state index in [0.29, 0.717) is 12.2 Å². The van der Waals surface area contributed by atoms with E-state index in [4.69, 9.17) is 5.11 Å². The van der Waals surface area contributed by atoms with Crippen molar-refractivity contribution in [3.63, 3.8) is 0 Å². The van der Waals surface area contributed by atoms with Crippen molar-refractivity contribution < 1.29 is 9.90 Å². The van der Waals surface area contributed by atoms with Gasteiger partial charge >= 0.3 is 5.97 Å². The number of aromatic carboxylic acids is 1. The third kappa shape index (κ3) is 2.06. The zero-order valence-electron chi connectivity index (χ0n) is 10.0. The molecule has 0 unspecified atom stereocenters. The monoisotopic (exact) mass is 234 g/mol. The van der Waals surface area contributed by atoms with Crippen molar-refractivity contribution in [2.75, 3.05) is 0 Å². The van der Waals surface area contributed by atoms with Gasteiger partial charge in [0.1, 0.15) is 5.56 Å². The second kappa shape index (κ2) is 4.04. The van der Waals surface area contributed by atoms with Crippen molar-refractivity contribution in [1.29, 1.82) is 0 Å². The van der Waals surface area contributed by atoms with Crippen molar-refractivity contribution >= 4 is 5.97 Å². The van der Waals surface area contributed by atoms with Crippen LogP contribution in [-0.4, -0.2) is 30.6 Å². The van der Waals surface area contributed by atoms with E-state index in [-0.39, 0.29) is 5.56 Å². The lowest BCUT2D eigenvalue weighted by Gasteiger charge is -2.06. The molecule has 0 radical (unpaired) electrons. The van der Waals surface area contributed by atoms with Gasteiger partial charge in [0.25, 0.3) is 0 Å². The lowest BCUT2D eigenvalue weighted by atomic mass is 10.2. The van der Waals surface area contributed by atoms with E-state index < -0.39 is 5.97 Å². The van der Waals surface area contributed by atoms with Gasteiger partial charge in [-0.05, 0) is 19.9 Å². The molecule has 90 valence electrons. The van der Waals surface area contributed by atoms with E-state index >= 15 is 0 Å². The Bertz CT molecular complexity index is 568. The Morgan fingerprint density at radius 1 is 1.47 bits per heavy atom. The van der Waals surface area contributed by atoms with Crippen LogP contribution < -0.4 is 0 Å². The van der Waals surface area contributed by atoms with E-state index in [2.05, 4.69) is 10.2 Å². The zero-order chi connectivity index (χ0) is 12.6. The van der Waals surface area contributed by atoms with Crippen LogP contribution in [0.4, 0.5) is 0 Å². The van der Waals surface area contributed by atoms with Crippen molar-refractivity contribution in [1.82, 2.24) is 19.6 Å². The molecule has 0 bridgehead atoms. The zero-order valence-corrected chi connectivity index (χ0v) is 10.0. The third-order valence-electron chi connectivity index (χ3n) is 2.69. The van der Waals surface area contributed by atoms with Crippen LogP contribution in [0.3, 0.4) is 0 Å². The number of carboxylic acid groups (broad SMARTS) is 1. The molecule has 0 aliphatic carbocycles. The number of carbonyl (C=O) groups is 1. The van der Waals surface area contributed by atoms with Crippen LogP contribution in [0.1, 0.15) is 27.4 Å². The molecule has 6 heteroatoms. The van der Waals surface area contributed by atoms with Crippen LogP contribution in [-0.2, 0) is 13.6 Å². The van der Waals surface area contributed by atoms with Gasteiger partial charge in [-0.1, -0.05) is 0 Å². The third-order valence-corrected chi connectivity index (χ3v) is 2.69. The van der Waals surface area contributed by atoms with E-state index in [1.807, 2.05) is 19.9 Å². The molecule has 1 N–H and O–H groups in total. The van der Waals surface area contributed by atoms with Crippen molar-refractivity contribution in [2.24, 2.45) is 7.05 Å². The first kappa shape index (κ1) is 11.4. The maximum atomic E-state index is 11.0. The number of carboxylic acids is 1. The van der Waals surface area contributed by atoms with E-state index in [1.165, 1.54) is 6.20 Å². The summed E-state index contributed by atoms with van der Waals surface area (Å²) in [7, 11) is 1.73. The number of nitrogens with zero attached hydrogens (tertiary/aromatic N) is 4. The molecule has 6 nitrogen and oxygen atoms in total. The molecule has 0 aliphatic heterocycles. The van der Waals surface area contributed by atoms with Crippen LogP contribution >= 0.6 is 0 Å². The first-order chi connectivity index (χ1) is 7.99. The SMILES string of the molecule is Cc1cc(C)n(Cc2c(C(=O)O)cnn2C)n1. The van der Waals surface area contributed by atoms with Crippen LogP contribution in [0.15, 0.2) is 12.3 Å². The number of hydrogen-bond donors (Lipinski definition) is 1. The fraction of sp³-hybridized carbons (Fsp3) is 0.364. The molecule has 17 heavy (non-hydrogen) atoms. The predicted octanol–water partition coefficient (Wildman–Crippen LogP) is 0.980. The molecular formula is C11H14N4O2. The van der Waals surface area contributed by atoms with Crippen molar-refractivity contribution in [3.8, 4) is 0 Å². The van der Waals surface area contributed by atoms with Crippen molar-refractivity contribution in [2.45, 2.75) is 20.4 Å². The van der Waals surface area contributed by atoms with Crippen LogP contribution in [0, 0.1) is 13.8 Å². The highest BCUT2D eigenvalue weighted by atomic mass is 16.4. The maximum Gasteiger partial charge on any atom is 0.339 e. The standard InChI is InChI=1S/C11H14N4O2/c1-7-4-8(2)15(13-7)6-10-9(11(16)17)5-12-14(10)3/h4-5H,6H2,1-3H3,(H,16,17). The van der Waals surface area contributed by atoms with Gasteiger partial charge in [0.15, 0.2) is 0 Å². The molecular weight excluding hydrogens is 220 g/mol. The lowest BCUT2D eigenvalue weighted by molar-refractivity contribution is 0.0695. The maximum absolute atomic E-state index is 11.0. The fourth-order valence-electron chi connectivity index (χ4n) is 1.81. The van der Waals surface area contributed by atoms with Crippen molar-refractivity contribution in [3.05, 3.63) is 34.9 Å². The molecule has 2 rings (SSSR count). The fourth-order valence-corrected chi connectivity index (χ4v) is 1.81. The highest BCUT2D eigenvalue weighted by Gasteiger charge is 2.16. The van der Waals surface area contributed by atoms with E-state index in [1.54, 1.807) is 16.4 Å². The molecule has 0 atom stereocenters. The van der Waals surface area contributed by atoms with Gasteiger partial charge in [-0.3, -0.25) is 9.36 Å². The quantitative estimate of drug-likeness (QED) is 0.859. The van der Waals surface area contributed by atoms with Gasteiger partial charge < -0.3 is 5.11 Å². The highest BCUT2D eigenvalue weighted by Crippen LogP contribution is 2.11. The molecule has 2 aromatic rings. The lowest BCUT2D eigenvalue weighted by Crippen LogP contribution is -2.12. The van der Waals surface area contributed by atoms with Gasteiger partial charge in [-0.25, -0.2) is 4.79 Å². The molecule has 0 fully saturated rings. The Morgan fingerprint density at radius 2 is 2.18 bits per heavy atom. The first-order valence-electron chi connectivity index (χ1n) is 5.24. The summed E-state index contributed by atoms with van der Waals surface area (Å²) in [6.45, 7) is 4.26. The van der Waals surface area contributed by atoms with Gasteiger partial charge in [-0.2, -0.15) is 10.2 Å². The Hall–Kier alpha value is -2.11. The minimum absolute atomic E-state index is 0.222. The normalized spacial score (nSPS) is 10.8. The molecule has 0 amide bonds. The van der Waals surface area contributed by atoms with E-state index in [0.717, 1.165) is 11.4 Å². The van der Waals surface area contributed by atoms with Crippen LogP contribution in [0.5, 0.6) is 0 Å². The predicted molar refractivity (Wildman–Crippen MR) is 61.0 cm³/mol. The second-order valence-corrected chi connectivity index (χ2v) is 4.02. The van der Waals surface area contributed by atoms with Gasteiger partial charge in [0, 0.05) is 12.7 Å². The second-order valence-electron chi connectivity index (χ2n) is 4.02. The molecule has 0 aliphatic rings. The summed E-state index contributed by atoms with van der Waals surface area (Å²) < 4.78 is 3.35. The average molecular weight is 234 g/mol. The summed E-state index contributed by atoms with van der Waals surface area (Å²) >= 11 is 0. The first-order valence-corrected chi connectivity index (χ1v) is 5.24. The summed E-state index contributed by atoms with van der Waals surface area (Å²) in [5.74, 6) is -0.963. The van der Waals surface area contributed by atoms with Gasteiger partial charge in [0.2, 0.25) is 0 Å². The van der Waals surface area contributed by atoms with Crippen LogP contribution in [0.2, 0.25) is 0 Å². The molecule has 2 aromatic heterocycles. The summed E-state index contributed by atoms with van der Waals surface area (Å²) in [5.41, 5.74) is 2.78. The Morgan fingerprint density at radius 3 is 2.71 bits per heavy atom. The molecule has 0 saturated heterocycles. The average Bonchev–Trinajstić information content (AvgIpc) is 2.73. The Labute approximate surface area is 98.5 Å². The number of hydrogen-bond acceptors (Lipinski definition) is 3. The topological polar surface area (TPSA) is 72.9 Å². The molecule has 0 saturated carbocycles. The van der Waals surface area contributed by atoms with Gasteiger partial charge in [0.05, 0.1) is 24.1 Å².